The summed E-state index contributed by atoms with van der Waals surface area (Å²) < 4.78 is 62.3. The monoisotopic (exact) mass is 297 g/mol. The molecule has 0 saturated carbocycles. The Hall–Kier alpha value is -2.06. The zero-order chi connectivity index (χ0) is 15.3. The van der Waals surface area contributed by atoms with Gasteiger partial charge in [0.1, 0.15) is 12.4 Å². The van der Waals surface area contributed by atoms with Crippen LogP contribution in [0.15, 0.2) is 6.07 Å². The molecule has 0 aliphatic heterocycles. The topological polar surface area (TPSA) is 57.7 Å². The predicted molar refractivity (Wildman–Crippen MR) is 58.0 cm³/mol. The normalized spacial score (nSPS) is 11.1. The van der Waals surface area contributed by atoms with Crippen molar-refractivity contribution in [3.63, 3.8) is 0 Å². The summed E-state index contributed by atoms with van der Waals surface area (Å²) in [5.74, 6) is -1.91. The van der Waals surface area contributed by atoms with Gasteiger partial charge in [0, 0.05) is 6.07 Å². The van der Waals surface area contributed by atoms with E-state index in [1.165, 1.54) is 0 Å². The third kappa shape index (κ3) is 4.25. The van der Waals surface area contributed by atoms with Gasteiger partial charge in [-0.15, -0.1) is 13.2 Å². The van der Waals surface area contributed by atoms with Gasteiger partial charge in [-0.2, -0.15) is 0 Å². The Kier molecular flexibility index (Phi) is 5.12. The molecule has 0 aliphatic carbocycles. The SMILES string of the molecule is COC(=O)Cc1cc(OC)c(OC(F)(F)F)c(CF)n1. The van der Waals surface area contributed by atoms with Crippen molar-refractivity contribution >= 4 is 5.97 Å². The van der Waals surface area contributed by atoms with Crippen LogP contribution in [0.1, 0.15) is 11.4 Å². The van der Waals surface area contributed by atoms with E-state index in [1.54, 1.807) is 0 Å². The van der Waals surface area contributed by atoms with E-state index in [4.69, 9.17) is 4.74 Å². The highest BCUT2D eigenvalue weighted by Gasteiger charge is 2.34. The molecule has 20 heavy (non-hydrogen) atoms. The highest BCUT2D eigenvalue weighted by Crippen LogP contribution is 2.35. The maximum atomic E-state index is 12.8. The zero-order valence-electron chi connectivity index (χ0n) is 10.6. The van der Waals surface area contributed by atoms with E-state index in [-0.39, 0.29) is 17.9 Å². The summed E-state index contributed by atoms with van der Waals surface area (Å²) in [5, 5.41) is 0. The fourth-order valence-corrected chi connectivity index (χ4v) is 1.39. The third-order valence-corrected chi connectivity index (χ3v) is 2.18. The summed E-state index contributed by atoms with van der Waals surface area (Å²) >= 11 is 0. The Labute approximate surface area is 111 Å². The van der Waals surface area contributed by atoms with Crippen LogP contribution in [-0.4, -0.2) is 31.5 Å². The summed E-state index contributed by atoms with van der Waals surface area (Å²) in [6.45, 7) is -1.31. The van der Waals surface area contributed by atoms with Crippen LogP contribution in [-0.2, 0) is 22.6 Å². The van der Waals surface area contributed by atoms with Gasteiger partial charge in [0.15, 0.2) is 11.5 Å². The lowest BCUT2D eigenvalue weighted by atomic mass is 10.2. The molecule has 9 heteroatoms. The molecule has 1 rings (SSSR count). The van der Waals surface area contributed by atoms with Crippen molar-refractivity contribution in [1.29, 1.82) is 0 Å². The maximum absolute atomic E-state index is 12.8. The van der Waals surface area contributed by atoms with Gasteiger partial charge in [0.05, 0.1) is 26.3 Å². The summed E-state index contributed by atoms with van der Waals surface area (Å²) in [7, 11) is 2.22. The quantitative estimate of drug-likeness (QED) is 0.616. The van der Waals surface area contributed by atoms with E-state index in [2.05, 4.69) is 14.5 Å². The molecule has 0 fully saturated rings. The standard InChI is InChI=1S/C11H11F4NO4/c1-18-8-3-6(4-9(17)19-2)16-7(5-12)10(8)20-11(13,14)15/h3H,4-5H2,1-2H3. The van der Waals surface area contributed by atoms with Crippen LogP contribution >= 0.6 is 0 Å². The molecule has 0 radical (unpaired) electrons. The first kappa shape index (κ1) is 16.0. The van der Waals surface area contributed by atoms with Crippen LogP contribution in [0.5, 0.6) is 11.5 Å². The highest BCUT2D eigenvalue weighted by atomic mass is 19.4. The molecular weight excluding hydrogens is 286 g/mol. The highest BCUT2D eigenvalue weighted by molar-refractivity contribution is 5.72. The van der Waals surface area contributed by atoms with Gasteiger partial charge in [-0.3, -0.25) is 9.78 Å². The summed E-state index contributed by atoms with van der Waals surface area (Å²) in [5.41, 5.74) is -0.601. The van der Waals surface area contributed by atoms with Gasteiger partial charge >= 0.3 is 12.3 Å². The minimum absolute atomic E-state index is 0.0101. The maximum Gasteiger partial charge on any atom is 0.573 e. The average Bonchev–Trinajstić information content (AvgIpc) is 2.38. The Balaban J connectivity index is 3.21. The van der Waals surface area contributed by atoms with Gasteiger partial charge in [-0.25, -0.2) is 4.39 Å². The van der Waals surface area contributed by atoms with Crippen molar-refractivity contribution in [2.45, 2.75) is 19.5 Å². The number of alkyl halides is 4. The molecule has 0 aromatic carbocycles. The molecule has 0 unspecified atom stereocenters. The largest absolute Gasteiger partial charge is 0.573 e. The van der Waals surface area contributed by atoms with Crippen molar-refractivity contribution in [2.24, 2.45) is 0 Å². The van der Waals surface area contributed by atoms with Gasteiger partial charge in [-0.05, 0) is 0 Å². The van der Waals surface area contributed by atoms with Crippen molar-refractivity contribution in [1.82, 2.24) is 4.98 Å². The number of esters is 1. The van der Waals surface area contributed by atoms with E-state index >= 15 is 0 Å². The zero-order valence-corrected chi connectivity index (χ0v) is 10.6. The number of hydrogen-bond donors (Lipinski definition) is 0. The lowest BCUT2D eigenvalue weighted by molar-refractivity contribution is -0.275. The number of carbonyl (C=O) groups is 1. The first-order valence-electron chi connectivity index (χ1n) is 5.26. The lowest BCUT2D eigenvalue weighted by Gasteiger charge is -2.15. The number of nitrogens with zero attached hydrogens (tertiary/aromatic N) is 1. The molecule has 0 amide bonds. The number of hydrogen-bond acceptors (Lipinski definition) is 5. The number of ether oxygens (including phenoxy) is 3. The van der Waals surface area contributed by atoms with Crippen molar-refractivity contribution in [2.75, 3.05) is 14.2 Å². The number of aromatic nitrogens is 1. The molecule has 112 valence electrons. The average molecular weight is 297 g/mol. The van der Waals surface area contributed by atoms with Crippen LogP contribution in [0.2, 0.25) is 0 Å². The second-order valence-corrected chi connectivity index (χ2v) is 3.53. The van der Waals surface area contributed by atoms with Gasteiger partial charge in [0.2, 0.25) is 0 Å². The number of methoxy groups -OCH3 is 2. The van der Waals surface area contributed by atoms with E-state index in [1.807, 2.05) is 0 Å². The van der Waals surface area contributed by atoms with Crippen LogP contribution in [0, 0.1) is 0 Å². The molecule has 1 heterocycles. The number of carbonyl (C=O) groups excluding carboxylic acids is 1. The molecular formula is C11H11F4NO4. The summed E-state index contributed by atoms with van der Waals surface area (Å²) in [6, 6.07) is 1.05. The Morgan fingerprint density at radius 2 is 2.00 bits per heavy atom. The van der Waals surface area contributed by atoms with Gasteiger partial charge in [0.25, 0.3) is 0 Å². The Morgan fingerprint density at radius 3 is 2.45 bits per heavy atom. The minimum atomic E-state index is -5.01. The minimum Gasteiger partial charge on any atom is -0.493 e. The van der Waals surface area contributed by atoms with Gasteiger partial charge in [-0.1, -0.05) is 0 Å². The van der Waals surface area contributed by atoms with Crippen molar-refractivity contribution in [3.05, 3.63) is 17.5 Å². The molecule has 5 nitrogen and oxygen atoms in total. The molecule has 0 atom stereocenters. The Morgan fingerprint density at radius 1 is 1.35 bits per heavy atom. The molecule has 1 aromatic rings. The number of pyridine rings is 1. The summed E-state index contributed by atoms with van der Waals surface area (Å²) in [6.07, 6.45) is -5.34. The van der Waals surface area contributed by atoms with E-state index in [0.29, 0.717) is 0 Å². The van der Waals surface area contributed by atoms with Crippen LogP contribution in [0.3, 0.4) is 0 Å². The smallest absolute Gasteiger partial charge is 0.493 e. The first-order chi connectivity index (χ1) is 9.30. The third-order valence-electron chi connectivity index (χ3n) is 2.18. The molecule has 0 saturated heterocycles. The molecule has 0 N–H and O–H groups in total. The second kappa shape index (κ2) is 6.40. The lowest BCUT2D eigenvalue weighted by Crippen LogP contribution is -2.19. The first-order valence-corrected chi connectivity index (χ1v) is 5.26. The van der Waals surface area contributed by atoms with Crippen molar-refractivity contribution in [3.8, 4) is 11.5 Å². The van der Waals surface area contributed by atoms with E-state index in [0.717, 1.165) is 20.3 Å². The summed E-state index contributed by atoms with van der Waals surface area (Å²) in [4.78, 5) is 14.7. The molecule has 0 aliphatic rings. The second-order valence-electron chi connectivity index (χ2n) is 3.53. The fraction of sp³-hybridized carbons (Fsp3) is 0.455. The molecule has 0 spiro atoms. The predicted octanol–water partition coefficient (Wildman–Crippen LogP) is 2.17. The van der Waals surface area contributed by atoms with E-state index < -0.39 is 30.4 Å². The molecule has 0 bridgehead atoms. The fourth-order valence-electron chi connectivity index (χ4n) is 1.39. The van der Waals surface area contributed by atoms with Crippen LogP contribution in [0.4, 0.5) is 17.6 Å². The van der Waals surface area contributed by atoms with Crippen LogP contribution < -0.4 is 9.47 Å². The molecule has 1 aromatic heterocycles. The number of halogens is 4. The van der Waals surface area contributed by atoms with Crippen LogP contribution in [0.25, 0.3) is 0 Å². The van der Waals surface area contributed by atoms with E-state index in [9.17, 15) is 22.4 Å². The van der Waals surface area contributed by atoms with Crippen molar-refractivity contribution < 1.29 is 36.6 Å². The number of rotatable bonds is 5. The van der Waals surface area contributed by atoms with Gasteiger partial charge < -0.3 is 14.2 Å². The Bertz CT molecular complexity index is 465.